The maximum atomic E-state index is 6.30. The molecule has 0 saturated carbocycles. The molecule has 0 aliphatic rings. The van der Waals surface area contributed by atoms with Gasteiger partial charge in [0.1, 0.15) is 5.82 Å². The van der Waals surface area contributed by atoms with E-state index in [0.29, 0.717) is 0 Å². The summed E-state index contributed by atoms with van der Waals surface area (Å²) >= 11 is 6.30. The van der Waals surface area contributed by atoms with E-state index >= 15 is 0 Å². The number of halogens is 1. The van der Waals surface area contributed by atoms with Crippen LogP contribution in [0.15, 0.2) is 30.6 Å². The number of aromatic nitrogens is 4. The molecule has 0 bridgehead atoms. The molecule has 1 aromatic carbocycles. The Bertz CT molecular complexity index is 770. The molecule has 1 unspecified atom stereocenters. The zero-order valence-corrected chi connectivity index (χ0v) is 13.3. The highest BCUT2D eigenvalue weighted by Crippen LogP contribution is 2.25. The fourth-order valence-electron chi connectivity index (χ4n) is 2.58. The summed E-state index contributed by atoms with van der Waals surface area (Å²) in [7, 11) is 0. The maximum Gasteiger partial charge on any atom is 0.127 e. The second-order valence-corrected chi connectivity index (χ2v) is 6.17. The number of alkyl halides is 1. The van der Waals surface area contributed by atoms with E-state index in [2.05, 4.69) is 39.8 Å². The van der Waals surface area contributed by atoms with Crippen LogP contribution < -0.4 is 0 Å². The van der Waals surface area contributed by atoms with Gasteiger partial charge >= 0.3 is 0 Å². The molecule has 110 valence electrons. The Hall–Kier alpha value is -1.81. The average molecular weight is 303 g/mol. The van der Waals surface area contributed by atoms with E-state index < -0.39 is 0 Å². The lowest BCUT2D eigenvalue weighted by Gasteiger charge is -2.11. The van der Waals surface area contributed by atoms with Gasteiger partial charge in [0, 0.05) is 12.7 Å². The van der Waals surface area contributed by atoms with Crippen molar-refractivity contribution in [1.82, 2.24) is 19.3 Å². The summed E-state index contributed by atoms with van der Waals surface area (Å²) < 4.78 is 4.16. The molecule has 3 rings (SSSR count). The van der Waals surface area contributed by atoms with Gasteiger partial charge in [-0.25, -0.2) is 4.98 Å². The van der Waals surface area contributed by atoms with Crippen LogP contribution in [0.5, 0.6) is 0 Å². The van der Waals surface area contributed by atoms with Gasteiger partial charge < -0.3 is 4.57 Å². The zero-order chi connectivity index (χ0) is 15.0. The molecule has 2 aromatic heterocycles. The number of hydrogen-bond donors (Lipinski definition) is 0. The third kappa shape index (κ3) is 2.81. The van der Waals surface area contributed by atoms with Crippen molar-refractivity contribution in [2.24, 2.45) is 0 Å². The number of rotatable bonds is 4. The molecule has 0 spiro atoms. The van der Waals surface area contributed by atoms with Crippen molar-refractivity contribution in [3.8, 4) is 0 Å². The van der Waals surface area contributed by atoms with Crippen molar-refractivity contribution in [3.63, 3.8) is 0 Å². The number of hydrogen-bond acceptors (Lipinski definition) is 2. The molecule has 1 atom stereocenters. The topological polar surface area (TPSA) is 35.6 Å². The Morgan fingerprint density at radius 2 is 2.00 bits per heavy atom. The van der Waals surface area contributed by atoms with Crippen LogP contribution in [-0.4, -0.2) is 19.3 Å². The van der Waals surface area contributed by atoms with Crippen molar-refractivity contribution in [3.05, 3.63) is 47.5 Å². The van der Waals surface area contributed by atoms with Gasteiger partial charge in [-0.15, -0.1) is 11.6 Å². The number of benzene rings is 1. The van der Waals surface area contributed by atoms with Crippen LogP contribution >= 0.6 is 11.6 Å². The standard InChI is InChI=1S/C16H19ClN4/c1-11-4-5-14-15(8-11)21(16(19-14)13(3)17)7-6-20-10-12(2)9-18-20/h4-5,8-10,13H,6-7H2,1-3H3. The Balaban J connectivity index is 1.98. The number of nitrogens with zero attached hydrogens (tertiary/aromatic N) is 4. The highest BCUT2D eigenvalue weighted by Gasteiger charge is 2.15. The van der Waals surface area contributed by atoms with Crippen molar-refractivity contribution in [2.45, 2.75) is 39.2 Å². The first kappa shape index (κ1) is 14.1. The zero-order valence-electron chi connectivity index (χ0n) is 12.5. The van der Waals surface area contributed by atoms with Gasteiger partial charge in [-0.3, -0.25) is 4.68 Å². The third-order valence-electron chi connectivity index (χ3n) is 3.60. The average Bonchev–Trinajstić information content (AvgIpc) is 3.00. The van der Waals surface area contributed by atoms with Crippen molar-refractivity contribution < 1.29 is 0 Å². The minimum atomic E-state index is -0.114. The maximum absolute atomic E-state index is 6.30. The third-order valence-corrected chi connectivity index (χ3v) is 3.80. The SMILES string of the molecule is Cc1ccc2nc(C(C)Cl)n(CCn3cc(C)cn3)c2c1. The van der Waals surface area contributed by atoms with E-state index in [-0.39, 0.29) is 5.38 Å². The smallest absolute Gasteiger partial charge is 0.127 e. The molecule has 0 saturated heterocycles. The molecule has 0 aliphatic carbocycles. The van der Waals surface area contributed by atoms with E-state index in [1.54, 1.807) is 0 Å². The summed E-state index contributed by atoms with van der Waals surface area (Å²) in [6.07, 6.45) is 3.93. The minimum absolute atomic E-state index is 0.114. The Labute approximate surface area is 129 Å². The van der Waals surface area contributed by atoms with E-state index in [9.17, 15) is 0 Å². The summed E-state index contributed by atoms with van der Waals surface area (Å²) in [6.45, 7) is 7.73. The van der Waals surface area contributed by atoms with Gasteiger partial charge in [-0.1, -0.05) is 6.07 Å². The van der Waals surface area contributed by atoms with E-state index in [0.717, 1.165) is 29.9 Å². The largest absolute Gasteiger partial charge is 0.325 e. The van der Waals surface area contributed by atoms with Crippen LogP contribution in [0.25, 0.3) is 11.0 Å². The van der Waals surface area contributed by atoms with Gasteiger partial charge in [-0.05, 0) is 44.0 Å². The van der Waals surface area contributed by atoms with Crippen LogP contribution in [0.2, 0.25) is 0 Å². The van der Waals surface area contributed by atoms with Crippen molar-refractivity contribution >= 4 is 22.6 Å². The molecule has 21 heavy (non-hydrogen) atoms. The van der Waals surface area contributed by atoms with Crippen molar-refractivity contribution in [2.75, 3.05) is 0 Å². The molecule has 2 heterocycles. The van der Waals surface area contributed by atoms with E-state index in [4.69, 9.17) is 11.6 Å². The highest BCUT2D eigenvalue weighted by molar-refractivity contribution is 6.20. The van der Waals surface area contributed by atoms with Crippen LogP contribution in [-0.2, 0) is 13.1 Å². The van der Waals surface area contributed by atoms with Crippen LogP contribution in [0.1, 0.15) is 29.3 Å². The predicted molar refractivity (Wildman–Crippen MR) is 85.7 cm³/mol. The molecule has 0 N–H and O–H groups in total. The molecule has 0 fully saturated rings. The lowest BCUT2D eigenvalue weighted by molar-refractivity contribution is 0.528. The predicted octanol–water partition coefficient (Wildman–Crippen LogP) is 3.85. The summed E-state index contributed by atoms with van der Waals surface area (Å²) in [4.78, 5) is 4.67. The summed E-state index contributed by atoms with van der Waals surface area (Å²) in [5.41, 5.74) is 4.54. The van der Waals surface area contributed by atoms with Crippen LogP contribution in [0.4, 0.5) is 0 Å². The quantitative estimate of drug-likeness (QED) is 0.686. The molecular formula is C16H19ClN4. The fourth-order valence-corrected chi connectivity index (χ4v) is 2.75. The lowest BCUT2D eigenvalue weighted by atomic mass is 10.2. The normalized spacial score (nSPS) is 13.0. The Kier molecular flexibility index (Phi) is 3.72. The fraction of sp³-hybridized carbons (Fsp3) is 0.375. The summed E-state index contributed by atoms with van der Waals surface area (Å²) in [5.74, 6) is 0.918. The molecule has 0 amide bonds. The second-order valence-electron chi connectivity index (χ2n) is 5.51. The number of aryl methyl sites for hydroxylation is 4. The van der Waals surface area contributed by atoms with Crippen LogP contribution in [0, 0.1) is 13.8 Å². The highest BCUT2D eigenvalue weighted by atomic mass is 35.5. The van der Waals surface area contributed by atoms with Crippen molar-refractivity contribution in [1.29, 1.82) is 0 Å². The molecule has 3 aromatic rings. The van der Waals surface area contributed by atoms with Gasteiger partial charge in [0.15, 0.2) is 0 Å². The second kappa shape index (κ2) is 5.53. The first-order valence-electron chi connectivity index (χ1n) is 7.14. The van der Waals surface area contributed by atoms with E-state index in [1.165, 1.54) is 11.1 Å². The lowest BCUT2D eigenvalue weighted by Crippen LogP contribution is -2.11. The minimum Gasteiger partial charge on any atom is -0.325 e. The summed E-state index contributed by atoms with van der Waals surface area (Å²) in [6, 6.07) is 6.31. The molecule has 4 nitrogen and oxygen atoms in total. The number of fused-ring (bicyclic) bond motifs is 1. The van der Waals surface area contributed by atoms with Gasteiger partial charge in [0.25, 0.3) is 0 Å². The van der Waals surface area contributed by atoms with E-state index in [1.807, 2.05) is 30.9 Å². The monoisotopic (exact) mass is 302 g/mol. The van der Waals surface area contributed by atoms with Gasteiger partial charge in [-0.2, -0.15) is 5.10 Å². The van der Waals surface area contributed by atoms with Crippen LogP contribution in [0.3, 0.4) is 0 Å². The van der Waals surface area contributed by atoms with Gasteiger partial charge in [0.05, 0.1) is 29.2 Å². The Morgan fingerprint density at radius 3 is 2.67 bits per heavy atom. The molecule has 0 radical (unpaired) electrons. The summed E-state index contributed by atoms with van der Waals surface area (Å²) in [5, 5.41) is 4.22. The first-order chi connectivity index (χ1) is 10.0. The first-order valence-corrected chi connectivity index (χ1v) is 7.58. The molecule has 5 heteroatoms. The van der Waals surface area contributed by atoms with Gasteiger partial charge in [0.2, 0.25) is 0 Å². The molecular weight excluding hydrogens is 284 g/mol. The number of imidazole rings is 1. The molecule has 0 aliphatic heterocycles. The Morgan fingerprint density at radius 1 is 1.19 bits per heavy atom.